The molecule has 0 saturated heterocycles. The Kier molecular flexibility index (Phi) is 3.70. The summed E-state index contributed by atoms with van der Waals surface area (Å²) in [4.78, 5) is 22.7. The number of carbonyl (C=O) groups excluding carboxylic acids is 2. The summed E-state index contributed by atoms with van der Waals surface area (Å²) in [5, 5.41) is 3.17. The molecule has 0 aliphatic carbocycles. The number of fused-ring (bicyclic) bond motifs is 1. The predicted octanol–water partition coefficient (Wildman–Crippen LogP) is 1.31. The Morgan fingerprint density at radius 1 is 1.37 bits per heavy atom. The number of nitrogens with two attached hydrogens (primary N) is 1. The second kappa shape index (κ2) is 5.43. The van der Waals surface area contributed by atoms with Gasteiger partial charge in [0, 0.05) is 18.1 Å². The van der Waals surface area contributed by atoms with Gasteiger partial charge in [0.15, 0.2) is 0 Å². The van der Waals surface area contributed by atoms with Crippen LogP contribution in [0.15, 0.2) is 28.7 Å². The van der Waals surface area contributed by atoms with E-state index in [1.54, 1.807) is 24.3 Å². The molecular formula is C13H14N2O4. The van der Waals surface area contributed by atoms with Crippen molar-refractivity contribution in [2.75, 3.05) is 19.4 Å². The number of nitrogens with one attached hydrogen (secondary N) is 1. The maximum atomic E-state index is 11.7. The molecule has 19 heavy (non-hydrogen) atoms. The number of carbonyl (C=O) groups is 2. The second-order valence-corrected chi connectivity index (χ2v) is 3.97. The Morgan fingerprint density at radius 2 is 2.16 bits per heavy atom. The molecule has 0 saturated carbocycles. The summed E-state index contributed by atoms with van der Waals surface area (Å²) in [6, 6.07) is 6.65. The summed E-state index contributed by atoms with van der Waals surface area (Å²) in [6.07, 6.45) is 0.120. The van der Waals surface area contributed by atoms with Gasteiger partial charge in [0.05, 0.1) is 6.42 Å². The van der Waals surface area contributed by atoms with Crippen molar-refractivity contribution < 1.29 is 18.7 Å². The third kappa shape index (κ3) is 3.04. The number of hydrogen-bond donors (Lipinski definition) is 2. The molecule has 1 aromatic heterocycles. The molecular weight excluding hydrogens is 248 g/mol. The zero-order valence-electron chi connectivity index (χ0n) is 10.4. The number of benzene rings is 1. The van der Waals surface area contributed by atoms with Gasteiger partial charge < -0.3 is 20.2 Å². The maximum Gasteiger partial charge on any atom is 0.374 e. The van der Waals surface area contributed by atoms with Crippen molar-refractivity contribution in [3.05, 3.63) is 30.0 Å². The minimum absolute atomic E-state index is 0.0116. The van der Waals surface area contributed by atoms with Gasteiger partial charge in [0.25, 0.3) is 0 Å². The lowest BCUT2D eigenvalue weighted by atomic mass is 10.2. The second-order valence-electron chi connectivity index (χ2n) is 3.97. The van der Waals surface area contributed by atoms with Gasteiger partial charge >= 0.3 is 5.97 Å². The number of rotatable bonds is 4. The minimum atomic E-state index is -0.598. The fourth-order valence-corrected chi connectivity index (χ4v) is 1.59. The first kappa shape index (κ1) is 12.9. The molecule has 3 N–H and O–H groups in total. The number of ether oxygens (including phenoxy) is 1. The van der Waals surface area contributed by atoms with Gasteiger partial charge in [0.1, 0.15) is 12.2 Å². The number of nitrogen functional groups attached to an aromatic ring is 1. The molecule has 0 spiro atoms. The van der Waals surface area contributed by atoms with E-state index in [9.17, 15) is 9.59 Å². The molecule has 2 rings (SSSR count). The van der Waals surface area contributed by atoms with Gasteiger partial charge in [0.2, 0.25) is 11.7 Å². The zero-order valence-corrected chi connectivity index (χ0v) is 10.4. The van der Waals surface area contributed by atoms with Crippen LogP contribution < -0.4 is 11.1 Å². The normalized spacial score (nSPS) is 10.4. The van der Waals surface area contributed by atoms with Crippen molar-refractivity contribution in [2.24, 2.45) is 0 Å². The highest BCUT2D eigenvalue weighted by molar-refractivity contribution is 5.93. The largest absolute Gasteiger partial charge is 0.459 e. The molecule has 0 fully saturated rings. The lowest BCUT2D eigenvalue weighted by Gasteiger charge is -2.01. The van der Waals surface area contributed by atoms with Crippen molar-refractivity contribution in [2.45, 2.75) is 6.42 Å². The number of esters is 1. The fraction of sp³-hybridized carbons (Fsp3) is 0.231. The highest BCUT2D eigenvalue weighted by Crippen LogP contribution is 2.22. The average molecular weight is 262 g/mol. The van der Waals surface area contributed by atoms with E-state index in [0.717, 1.165) is 5.39 Å². The molecule has 2 aromatic rings. The predicted molar refractivity (Wildman–Crippen MR) is 69.6 cm³/mol. The molecule has 0 unspecified atom stereocenters. The molecule has 0 atom stereocenters. The highest BCUT2D eigenvalue weighted by Gasteiger charge is 2.14. The molecule has 0 bridgehead atoms. The smallest absolute Gasteiger partial charge is 0.374 e. The van der Waals surface area contributed by atoms with E-state index in [4.69, 9.17) is 14.9 Å². The molecule has 1 heterocycles. The van der Waals surface area contributed by atoms with Crippen molar-refractivity contribution in [1.29, 1.82) is 0 Å². The van der Waals surface area contributed by atoms with Crippen molar-refractivity contribution in [3.8, 4) is 0 Å². The first-order valence-electron chi connectivity index (χ1n) is 5.77. The molecule has 0 aliphatic rings. The van der Waals surface area contributed by atoms with E-state index < -0.39 is 5.97 Å². The van der Waals surface area contributed by atoms with Gasteiger partial charge in [-0.3, -0.25) is 4.79 Å². The third-order valence-corrected chi connectivity index (χ3v) is 2.58. The van der Waals surface area contributed by atoms with Crippen molar-refractivity contribution in [1.82, 2.24) is 5.32 Å². The van der Waals surface area contributed by atoms with Crippen LogP contribution in [0.2, 0.25) is 0 Å². The third-order valence-electron chi connectivity index (χ3n) is 2.58. The van der Waals surface area contributed by atoms with Gasteiger partial charge in [-0.1, -0.05) is 0 Å². The number of anilines is 1. The molecule has 1 aromatic carbocycles. The Balaban J connectivity index is 2.03. The summed E-state index contributed by atoms with van der Waals surface area (Å²) in [5.74, 6) is -0.693. The summed E-state index contributed by atoms with van der Waals surface area (Å²) in [6.45, 7) is 0.0116. The highest BCUT2D eigenvalue weighted by atomic mass is 16.5. The van der Waals surface area contributed by atoms with E-state index in [1.165, 1.54) is 7.05 Å². The van der Waals surface area contributed by atoms with Crippen molar-refractivity contribution >= 4 is 28.5 Å². The lowest BCUT2D eigenvalue weighted by molar-refractivity contribution is -0.121. The van der Waals surface area contributed by atoms with Crippen molar-refractivity contribution in [3.63, 3.8) is 0 Å². The van der Waals surface area contributed by atoms with E-state index in [0.29, 0.717) is 11.3 Å². The standard InChI is InChI=1S/C13H14N2O4/c1-15-12(16)4-5-18-13(17)11-7-8-6-9(14)2-3-10(8)19-11/h2-3,6-7H,4-5,14H2,1H3,(H,15,16). The van der Waals surface area contributed by atoms with E-state index in [2.05, 4.69) is 5.32 Å². The van der Waals surface area contributed by atoms with Crippen LogP contribution in [0.3, 0.4) is 0 Å². The van der Waals surface area contributed by atoms with Gasteiger partial charge in [-0.05, 0) is 24.3 Å². The lowest BCUT2D eigenvalue weighted by Crippen LogP contribution is -2.20. The van der Waals surface area contributed by atoms with E-state index >= 15 is 0 Å². The summed E-state index contributed by atoms with van der Waals surface area (Å²) >= 11 is 0. The van der Waals surface area contributed by atoms with Crippen LogP contribution in [-0.2, 0) is 9.53 Å². The van der Waals surface area contributed by atoms with Crippen LogP contribution >= 0.6 is 0 Å². The Hall–Kier alpha value is -2.50. The Bertz CT molecular complexity index is 618. The van der Waals surface area contributed by atoms with Crippen LogP contribution in [0, 0.1) is 0 Å². The molecule has 1 amide bonds. The number of amides is 1. The van der Waals surface area contributed by atoms with Gasteiger partial charge in [-0.15, -0.1) is 0 Å². The maximum absolute atomic E-state index is 11.7. The molecule has 6 nitrogen and oxygen atoms in total. The monoisotopic (exact) mass is 262 g/mol. The fourth-order valence-electron chi connectivity index (χ4n) is 1.59. The Labute approximate surface area is 109 Å². The first-order valence-corrected chi connectivity index (χ1v) is 5.77. The Morgan fingerprint density at radius 3 is 2.89 bits per heavy atom. The van der Waals surface area contributed by atoms with Crippen LogP contribution in [0.1, 0.15) is 17.0 Å². The number of furan rings is 1. The number of hydrogen-bond acceptors (Lipinski definition) is 5. The van der Waals surface area contributed by atoms with Crippen LogP contribution in [0.5, 0.6) is 0 Å². The van der Waals surface area contributed by atoms with Gasteiger partial charge in [-0.2, -0.15) is 0 Å². The zero-order chi connectivity index (χ0) is 13.8. The molecule has 6 heteroatoms. The summed E-state index contributed by atoms with van der Waals surface area (Å²) < 4.78 is 10.3. The van der Waals surface area contributed by atoms with E-state index in [-0.39, 0.29) is 24.7 Å². The SMILES string of the molecule is CNC(=O)CCOC(=O)c1cc2cc(N)ccc2o1. The van der Waals surface area contributed by atoms with E-state index in [1.807, 2.05) is 0 Å². The van der Waals surface area contributed by atoms with Gasteiger partial charge in [-0.25, -0.2) is 4.79 Å². The average Bonchev–Trinajstić information content (AvgIpc) is 2.81. The van der Waals surface area contributed by atoms with Crippen LogP contribution in [0.4, 0.5) is 5.69 Å². The summed E-state index contributed by atoms with van der Waals surface area (Å²) in [7, 11) is 1.52. The molecule has 100 valence electrons. The first-order chi connectivity index (χ1) is 9.10. The molecule has 0 radical (unpaired) electrons. The minimum Gasteiger partial charge on any atom is -0.459 e. The topological polar surface area (TPSA) is 94.6 Å². The van der Waals surface area contributed by atoms with Crippen LogP contribution in [-0.4, -0.2) is 25.5 Å². The summed E-state index contributed by atoms with van der Waals surface area (Å²) in [5.41, 5.74) is 6.79. The molecule has 0 aliphatic heterocycles. The van der Waals surface area contributed by atoms with Crippen LogP contribution in [0.25, 0.3) is 11.0 Å². The quantitative estimate of drug-likeness (QED) is 0.640.